The van der Waals surface area contributed by atoms with E-state index in [1.54, 1.807) is 0 Å². The van der Waals surface area contributed by atoms with Crippen LogP contribution in [0.2, 0.25) is 0 Å². The normalized spacial score (nSPS) is 13.1. The first kappa shape index (κ1) is 36.9. The number of hydrogen-bond donors (Lipinski definition) is 0. The lowest BCUT2D eigenvalue weighted by Gasteiger charge is -2.21. The molecule has 0 N–H and O–H groups in total. The van der Waals surface area contributed by atoms with Crippen molar-refractivity contribution in [3.05, 3.63) is 217 Å². The fourth-order valence-electron chi connectivity index (χ4n) is 11.0. The molecule has 0 saturated heterocycles. The van der Waals surface area contributed by atoms with Gasteiger partial charge in [-0.2, -0.15) is 0 Å². The highest BCUT2D eigenvalue weighted by Gasteiger charge is 2.36. The van der Waals surface area contributed by atoms with Crippen LogP contribution in [0.1, 0.15) is 25.0 Å². The number of hydrogen-bond acceptors (Lipinski definition) is 3. The number of aromatic nitrogens is 4. The summed E-state index contributed by atoms with van der Waals surface area (Å²) in [6, 6.07) is 74.0. The molecule has 310 valence electrons. The van der Waals surface area contributed by atoms with Crippen LogP contribution in [0.5, 0.6) is 0 Å². The summed E-state index contributed by atoms with van der Waals surface area (Å²) in [4.78, 5) is 10.8. The van der Waals surface area contributed by atoms with Crippen LogP contribution >= 0.6 is 0 Å². The van der Waals surface area contributed by atoms with Gasteiger partial charge in [-0.3, -0.25) is 4.57 Å². The van der Waals surface area contributed by atoms with Crippen LogP contribution in [0.25, 0.3) is 122 Å². The molecule has 13 aromatic rings. The molecule has 0 amide bonds. The van der Waals surface area contributed by atoms with Crippen LogP contribution in [-0.4, -0.2) is 19.1 Å². The molecule has 0 atom stereocenters. The van der Waals surface area contributed by atoms with Crippen molar-refractivity contribution in [1.82, 2.24) is 19.1 Å². The largest absolute Gasteiger partial charge is 0.454 e. The average molecular weight is 845 g/mol. The summed E-state index contributed by atoms with van der Waals surface area (Å²) in [5.41, 5.74) is 18.4. The Kier molecular flexibility index (Phi) is 7.68. The first-order valence-corrected chi connectivity index (χ1v) is 22.6. The molecule has 4 aromatic heterocycles. The second kappa shape index (κ2) is 13.7. The molecule has 0 spiro atoms. The Bertz CT molecular complexity index is 4080. The average Bonchev–Trinajstić information content (AvgIpc) is 4.08. The molecule has 5 heteroatoms. The van der Waals surface area contributed by atoms with Gasteiger partial charge in [-0.05, 0) is 94.0 Å². The highest BCUT2D eigenvalue weighted by atomic mass is 16.3. The van der Waals surface area contributed by atoms with Gasteiger partial charge >= 0.3 is 0 Å². The third-order valence-electron chi connectivity index (χ3n) is 14.2. The Hall–Kier alpha value is -8.54. The predicted molar refractivity (Wildman–Crippen MR) is 272 cm³/mol. The van der Waals surface area contributed by atoms with E-state index in [-0.39, 0.29) is 5.41 Å². The number of rotatable bonds is 5. The highest BCUT2D eigenvalue weighted by Crippen LogP contribution is 2.51. The molecular weight excluding hydrogens is 805 g/mol. The van der Waals surface area contributed by atoms with E-state index in [9.17, 15) is 0 Å². The number of nitrogens with zero attached hydrogens (tertiary/aromatic N) is 4. The van der Waals surface area contributed by atoms with Crippen molar-refractivity contribution in [1.29, 1.82) is 0 Å². The Morgan fingerprint density at radius 1 is 0.379 bits per heavy atom. The van der Waals surface area contributed by atoms with Crippen LogP contribution in [0.3, 0.4) is 0 Å². The van der Waals surface area contributed by atoms with Crippen LogP contribution in [0, 0.1) is 0 Å². The fourth-order valence-corrected chi connectivity index (χ4v) is 11.0. The third-order valence-corrected chi connectivity index (χ3v) is 14.2. The molecule has 4 heterocycles. The fraction of sp³-hybridized carbons (Fsp3) is 0.0492. The van der Waals surface area contributed by atoms with Crippen LogP contribution in [-0.2, 0) is 5.41 Å². The quantitative estimate of drug-likeness (QED) is 0.173. The van der Waals surface area contributed by atoms with Crippen molar-refractivity contribution in [3.63, 3.8) is 0 Å². The van der Waals surface area contributed by atoms with Crippen LogP contribution < -0.4 is 0 Å². The zero-order chi connectivity index (χ0) is 43.7. The summed E-state index contributed by atoms with van der Waals surface area (Å²) >= 11 is 0. The van der Waals surface area contributed by atoms with Gasteiger partial charge in [-0.25, -0.2) is 9.97 Å². The second-order valence-corrected chi connectivity index (χ2v) is 18.2. The molecule has 14 rings (SSSR count). The maximum atomic E-state index is 6.59. The lowest BCUT2D eigenvalue weighted by Crippen LogP contribution is -2.15. The molecule has 9 aromatic carbocycles. The van der Waals surface area contributed by atoms with Gasteiger partial charge in [-0.1, -0.05) is 159 Å². The first-order valence-electron chi connectivity index (χ1n) is 22.6. The lowest BCUT2D eigenvalue weighted by molar-refractivity contribution is 0.661. The van der Waals surface area contributed by atoms with Gasteiger partial charge in [0.15, 0.2) is 5.58 Å². The summed E-state index contributed by atoms with van der Waals surface area (Å²) in [6.07, 6.45) is 0. The van der Waals surface area contributed by atoms with Crippen molar-refractivity contribution < 1.29 is 4.42 Å². The molecular formula is C61H40N4O. The molecule has 1 aliphatic rings. The van der Waals surface area contributed by atoms with Gasteiger partial charge in [0.05, 0.1) is 39.1 Å². The van der Waals surface area contributed by atoms with Crippen LogP contribution in [0.15, 0.2) is 211 Å². The minimum atomic E-state index is -0.182. The van der Waals surface area contributed by atoms with E-state index >= 15 is 0 Å². The Labute approximate surface area is 380 Å². The second-order valence-electron chi connectivity index (χ2n) is 18.2. The number of benzene rings is 9. The smallest absolute Gasteiger partial charge is 0.235 e. The zero-order valence-electron chi connectivity index (χ0n) is 36.3. The molecule has 66 heavy (non-hydrogen) atoms. The topological polar surface area (TPSA) is 48.8 Å². The van der Waals surface area contributed by atoms with E-state index in [2.05, 4.69) is 211 Å². The summed E-state index contributed by atoms with van der Waals surface area (Å²) in [6.45, 7) is 4.69. The van der Waals surface area contributed by atoms with E-state index in [1.807, 2.05) is 18.2 Å². The van der Waals surface area contributed by atoms with Gasteiger partial charge in [0.2, 0.25) is 5.95 Å². The molecule has 0 saturated carbocycles. The monoisotopic (exact) mass is 844 g/mol. The Balaban J connectivity index is 1.01. The highest BCUT2D eigenvalue weighted by molar-refractivity contribution is 6.15. The Morgan fingerprint density at radius 3 is 1.70 bits per heavy atom. The number of furan rings is 1. The van der Waals surface area contributed by atoms with E-state index < -0.39 is 0 Å². The first-order chi connectivity index (χ1) is 32.5. The van der Waals surface area contributed by atoms with Crippen molar-refractivity contribution in [2.75, 3.05) is 0 Å². The van der Waals surface area contributed by atoms with Gasteiger partial charge in [0, 0.05) is 48.9 Å². The molecule has 1 aliphatic carbocycles. The SMILES string of the molecule is CC1(C)c2ccccc2-c2cc3c4cc(-c5ccc6c(c5)c5ccccc5n6-c5cccc6c5oc5ccccc56)ccc4n(-c4nc(-c5ccccc5)cc(-c5ccccc5)n4)c3cc21. The van der Waals surface area contributed by atoms with Crippen molar-refractivity contribution >= 4 is 65.6 Å². The molecule has 0 unspecified atom stereocenters. The predicted octanol–water partition coefficient (Wildman–Crippen LogP) is 15.9. The van der Waals surface area contributed by atoms with Crippen molar-refractivity contribution in [3.8, 4) is 56.4 Å². The Morgan fingerprint density at radius 2 is 0.955 bits per heavy atom. The number of para-hydroxylation sites is 3. The molecule has 0 radical (unpaired) electrons. The van der Waals surface area contributed by atoms with Crippen molar-refractivity contribution in [2.45, 2.75) is 19.3 Å². The van der Waals surface area contributed by atoms with Gasteiger partial charge < -0.3 is 8.98 Å². The summed E-state index contributed by atoms with van der Waals surface area (Å²) in [5, 5.41) is 6.95. The minimum absolute atomic E-state index is 0.182. The molecule has 5 nitrogen and oxygen atoms in total. The van der Waals surface area contributed by atoms with E-state index in [0.717, 1.165) is 88.7 Å². The van der Waals surface area contributed by atoms with Crippen molar-refractivity contribution in [2.24, 2.45) is 0 Å². The lowest BCUT2D eigenvalue weighted by atomic mass is 9.82. The van der Waals surface area contributed by atoms with E-state index in [4.69, 9.17) is 14.4 Å². The zero-order valence-corrected chi connectivity index (χ0v) is 36.3. The maximum absolute atomic E-state index is 6.59. The minimum Gasteiger partial charge on any atom is -0.454 e. The maximum Gasteiger partial charge on any atom is 0.235 e. The van der Waals surface area contributed by atoms with E-state index in [1.165, 1.54) is 38.4 Å². The third kappa shape index (κ3) is 5.28. The number of fused-ring (bicyclic) bond motifs is 12. The standard InChI is InChI=1S/C61H40N4O/c1-61(2)49-24-12-9-20-41(49)45-34-48-47-33-40(29-31-55(47)65(57(48)35-50(45)61)60-62-51(37-16-5-3-6-17-37)36-52(63-60)38-18-7-4-8-19-38)39-28-30-54-46(32-39)42-21-10-13-25-53(42)64(54)56-26-15-23-44-43-22-11-14-27-58(43)66-59(44)56/h3-36H,1-2H3. The van der Waals surface area contributed by atoms with E-state index in [0.29, 0.717) is 5.95 Å². The van der Waals surface area contributed by atoms with Gasteiger partial charge in [0.25, 0.3) is 0 Å². The molecule has 0 fully saturated rings. The molecule has 0 bridgehead atoms. The van der Waals surface area contributed by atoms with Crippen LogP contribution in [0.4, 0.5) is 0 Å². The summed E-state index contributed by atoms with van der Waals surface area (Å²) in [5.74, 6) is 0.643. The molecule has 0 aliphatic heterocycles. The summed E-state index contributed by atoms with van der Waals surface area (Å²) < 4.78 is 11.3. The van der Waals surface area contributed by atoms with Gasteiger partial charge in [-0.15, -0.1) is 0 Å². The van der Waals surface area contributed by atoms with Gasteiger partial charge in [0.1, 0.15) is 5.58 Å². The summed E-state index contributed by atoms with van der Waals surface area (Å²) in [7, 11) is 0.